The Kier molecular flexibility index (Phi) is 6.38. The smallest absolute Gasteiger partial charge is 0.338 e. The normalized spacial score (nSPS) is 22.8. The zero-order chi connectivity index (χ0) is 28.1. The minimum Gasteiger partial charge on any atom is -0.457 e. The Morgan fingerprint density at radius 2 is 1.73 bits per heavy atom. The van der Waals surface area contributed by atoms with Crippen LogP contribution in [0.1, 0.15) is 29.3 Å². The van der Waals surface area contributed by atoms with Crippen LogP contribution in [0.4, 0.5) is 11.4 Å². The summed E-state index contributed by atoms with van der Waals surface area (Å²) in [6, 6.07) is 17.0. The van der Waals surface area contributed by atoms with Crippen LogP contribution in [0.15, 0.2) is 78.4 Å². The molecular weight excluding hydrogens is 536 g/mol. The Balaban J connectivity index is 1.07. The van der Waals surface area contributed by atoms with Crippen LogP contribution in [0.25, 0.3) is 0 Å². The fraction of sp³-hybridized carbons (Fsp3) is 0.233. The topological polar surface area (TPSA) is 116 Å². The van der Waals surface area contributed by atoms with E-state index in [9.17, 15) is 24.5 Å². The summed E-state index contributed by atoms with van der Waals surface area (Å²) in [5.74, 6) is -0.937. The predicted molar refractivity (Wildman–Crippen MR) is 145 cm³/mol. The number of benzene rings is 3. The summed E-state index contributed by atoms with van der Waals surface area (Å²) >= 11 is 6.07. The lowest BCUT2D eigenvalue weighted by Crippen LogP contribution is -2.32. The number of esters is 1. The van der Waals surface area contributed by atoms with Gasteiger partial charge in [0.2, 0.25) is 17.6 Å². The molecule has 40 heavy (non-hydrogen) atoms. The van der Waals surface area contributed by atoms with Gasteiger partial charge in [-0.1, -0.05) is 41.4 Å². The Morgan fingerprint density at radius 3 is 2.42 bits per heavy atom. The number of halogens is 1. The SMILES string of the molecule is CC1=C[C@H]2C[C@H]1[C@@H]1C(=O)N(c3ccc(C(=O)OCc4ccc(Oc5c(Cl)cccc5[N+](=O)[O-])cc4)cc3)C(=O)[C@H]12. The fourth-order valence-electron chi connectivity index (χ4n) is 6.02. The lowest BCUT2D eigenvalue weighted by molar-refractivity contribution is -0.385. The summed E-state index contributed by atoms with van der Waals surface area (Å²) < 4.78 is 11.0. The predicted octanol–water partition coefficient (Wildman–Crippen LogP) is 6.10. The third-order valence-electron chi connectivity index (χ3n) is 7.90. The van der Waals surface area contributed by atoms with Crippen molar-refractivity contribution in [2.45, 2.75) is 20.0 Å². The van der Waals surface area contributed by atoms with Crippen molar-refractivity contribution in [2.75, 3.05) is 4.90 Å². The van der Waals surface area contributed by atoms with Crippen LogP contribution < -0.4 is 9.64 Å². The maximum Gasteiger partial charge on any atom is 0.338 e. The monoisotopic (exact) mass is 558 g/mol. The number of amides is 2. The van der Waals surface area contributed by atoms with Gasteiger partial charge in [0.25, 0.3) is 0 Å². The molecule has 0 radical (unpaired) electrons. The number of nitro groups is 1. The van der Waals surface area contributed by atoms with Crippen molar-refractivity contribution in [3.8, 4) is 11.5 Å². The summed E-state index contributed by atoms with van der Waals surface area (Å²) in [5, 5.41) is 11.4. The first kappa shape index (κ1) is 25.8. The van der Waals surface area contributed by atoms with E-state index in [4.69, 9.17) is 21.1 Å². The number of fused-ring (bicyclic) bond motifs is 5. The maximum atomic E-state index is 13.1. The molecule has 2 aliphatic carbocycles. The first-order valence-corrected chi connectivity index (χ1v) is 13.1. The highest BCUT2D eigenvalue weighted by atomic mass is 35.5. The second kappa shape index (κ2) is 9.91. The molecule has 1 heterocycles. The Bertz CT molecular complexity index is 1580. The van der Waals surface area contributed by atoms with Crippen molar-refractivity contribution in [3.63, 3.8) is 0 Å². The van der Waals surface area contributed by atoms with Crippen LogP contribution in [0, 0.1) is 33.8 Å². The van der Waals surface area contributed by atoms with E-state index in [2.05, 4.69) is 6.08 Å². The van der Waals surface area contributed by atoms with Crippen molar-refractivity contribution in [2.24, 2.45) is 23.7 Å². The van der Waals surface area contributed by atoms with Gasteiger partial charge >= 0.3 is 11.7 Å². The van der Waals surface area contributed by atoms with E-state index in [0.29, 0.717) is 17.0 Å². The number of anilines is 1. The molecule has 202 valence electrons. The highest BCUT2D eigenvalue weighted by Gasteiger charge is 2.60. The van der Waals surface area contributed by atoms with Crippen molar-refractivity contribution < 1.29 is 28.8 Å². The molecule has 0 N–H and O–H groups in total. The van der Waals surface area contributed by atoms with Gasteiger partial charge in [-0.3, -0.25) is 24.6 Å². The van der Waals surface area contributed by atoms with Gasteiger partial charge in [-0.15, -0.1) is 0 Å². The van der Waals surface area contributed by atoms with Crippen LogP contribution in [-0.2, 0) is 20.9 Å². The Hall–Kier alpha value is -4.50. The van der Waals surface area contributed by atoms with Crippen LogP contribution in [0.2, 0.25) is 5.02 Å². The van der Waals surface area contributed by atoms with E-state index in [1.165, 1.54) is 40.8 Å². The summed E-state index contributed by atoms with van der Waals surface area (Å²) in [5.41, 5.74) is 2.35. The number of allylic oxidation sites excluding steroid dienone is 2. The molecule has 1 saturated carbocycles. The molecule has 0 spiro atoms. The van der Waals surface area contributed by atoms with Gasteiger partial charge in [0, 0.05) is 6.07 Å². The number of carbonyl (C=O) groups excluding carboxylic acids is 3. The van der Waals surface area contributed by atoms with E-state index in [1.807, 2.05) is 6.92 Å². The molecule has 1 aliphatic heterocycles. The molecule has 0 aromatic heterocycles. The second-order valence-electron chi connectivity index (χ2n) is 10.2. The van der Waals surface area contributed by atoms with E-state index in [1.54, 1.807) is 36.4 Å². The van der Waals surface area contributed by atoms with Crippen molar-refractivity contribution in [3.05, 3.63) is 105 Å². The minimum atomic E-state index is -0.574. The van der Waals surface area contributed by atoms with Crippen LogP contribution in [0.5, 0.6) is 11.5 Å². The van der Waals surface area contributed by atoms with Gasteiger partial charge in [-0.2, -0.15) is 0 Å². The average Bonchev–Trinajstić information content (AvgIpc) is 3.59. The largest absolute Gasteiger partial charge is 0.457 e. The first-order chi connectivity index (χ1) is 19.2. The van der Waals surface area contributed by atoms with Crippen LogP contribution in [0.3, 0.4) is 0 Å². The van der Waals surface area contributed by atoms with Crippen molar-refractivity contribution in [1.29, 1.82) is 0 Å². The highest BCUT2D eigenvalue weighted by molar-refractivity contribution is 6.32. The maximum absolute atomic E-state index is 13.1. The average molecular weight is 559 g/mol. The molecule has 0 unspecified atom stereocenters. The molecule has 3 aromatic rings. The first-order valence-electron chi connectivity index (χ1n) is 12.8. The van der Waals surface area contributed by atoms with Gasteiger partial charge in [-0.25, -0.2) is 4.79 Å². The van der Waals surface area contributed by atoms with Gasteiger partial charge in [0.1, 0.15) is 12.4 Å². The number of rotatable bonds is 7. The Morgan fingerprint density at radius 1 is 1.02 bits per heavy atom. The quantitative estimate of drug-likeness (QED) is 0.113. The molecule has 4 atom stereocenters. The second-order valence-corrected chi connectivity index (χ2v) is 10.6. The number of carbonyl (C=O) groups is 3. The molecule has 10 heteroatoms. The zero-order valence-electron chi connectivity index (χ0n) is 21.3. The number of para-hydroxylation sites is 1. The summed E-state index contributed by atoms with van der Waals surface area (Å²) in [6.07, 6.45) is 3.00. The number of ether oxygens (including phenoxy) is 2. The van der Waals surface area contributed by atoms with Gasteiger partial charge in [-0.05, 0) is 73.2 Å². The van der Waals surface area contributed by atoms with E-state index < -0.39 is 10.9 Å². The van der Waals surface area contributed by atoms with Gasteiger partial charge < -0.3 is 9.47 Å². The lowest BCUT2D eigenvalue weighted by atomic mass is 9.82. The summed E-state index contributed by atoms with van der Waals surface area (Å²) in [7, 11) is 0. The molecule has 1 saturated heterocycles. The lowest BCUT2D eigenvalue weighted by Gasteiger charge is -2.19. The fourth-order valence-corrected chi connectivity index (χ4v) is 6.23. The highest BCUT2D eigenvalue weighted by Crippen LogP contribution is 2.55. The van der Waals surface area contributed by atoms with E-state index >= 15 is 0 Å². The molecular formula is C30H23ClN2O7. The molecule has 6 rings (SSSR count). The summed E-state index contributed by atoms with van der Waals surface area (Å²) in [6.45, 7) is 2.01. The van der Waals surface area contributed by atoms with Crippen molar-refractivity contribution >= 4 is 40.8 Å². The molecule has 2 amide bonds. The van der Waals surface area contributed by atoms with Gasteiger partial charge in [0.05, 0.1) is 33.0 Å². The molecule has 9 nitrogen and oxygen atoms in total. The minimum absolute atomic E-state index is 0.0192. The Labute approximate surface area is 234 Å². The number of nitro benzene ring substituents is 1. The van der Waals surface area contributed by atoms with Crippen molar-refractivity contribution in [1.82, 2.24) is 0 Å². The standard InChI is InChI=1S/C30H23ClN2O7/c1-16-13-19-14-22(16)26-25(19)28(34)32(29(26)35)20-9-7-18(8-10-20)30(36)39-15-17-5-11-21(12-6-17)40-27-23(31)3-2-4-24(27)33(37)38/h2-13,19,22,25-26H,14-15H2,1H3/t19-,22+,25-,26-/m0/s1. The van der Waals surface area contributed by atoms with Gasteiger partial charge in [0.15, 0.2) is 0 Å². The number of imide groups is 1. The third kappa shape index (κ3) is 4.32. The van der Waals surface area contributed by atoms with Crippen LogP contribution in [-0.4, -0.2) is 22.7 Å². The number of nitrogens with zero attached hydrogens (tertiary/aromatic N) is 2. The molecule has 3 aliphatic rings. The summed E-state index contributed by atoms with van der Waals surface area (Å²) in [4.78, 5) is 50.8. The number of hydrogen-bond acceptors (Lipinski definition) is 7. The van der Waals surface area contributed by atoms with Crippen LogP contribution >= 0.6 is 11.6 Å². The molecule has 2 fully saturated rings. The molecule has 2 bridgehead atoms. The van der Waals surface area contributed by atoms with E-state index in [0.717, 1.165) is 6.42 Å². The number of hydrogen-bond donors (Lipinski definition) is 0. The third-order valence-corrected chi connectivity index (χ3v) is 8.20. The van der Waals surface area contributed by atoms with E-state index in [-0.39, 0.29) is 64.1 Å². The zero-order valence-corrected chi connectivity index (χ0v) is 22.0. The molecule has 3 aromatic carbocycles.